The molecule has 1 N–H and O–H groups in total. The van der Waals surface area contributed by atoms with Gasteiger partial charge < -0.3 is 10.2 Å². The Morgan fingerprint density at radius 3 is 2.85 bits per heavy atom. The summed E-state index contributed by atoms with van der Waals surface area (Å²) < 4.78 is 27.5. The average Bonchev–Trinajstić information content (AvgIpc) is 2.86. The summed E-state index contributed by atoms with van der Waals surface area (Å²) in [6.45, 7) is 2.40. The maximum Gasteiger partial charge on any atom is 0.245 e. The Bertz CT molecular complexity index is 646. The third-order valence-corrected chi connectivity index (χ3v) is 6.20. The Labute approximate surface area is 161 Å². The Morgan fingerprint density at radius 1 is 1.38 bits per heavy atom. The molecule has 2 unspecified atom stereocenters. The van der Waals surface area contributed by atoms with Gasteiger partial charge >= 0.3 is 0 Å². The van der Waals surface area contributed by atoms with Crippen LogP contribution >= 0.6 is 23.5 Å². The van der Waals surface area contributed by atoms with Crippen molar-refractivity contribution < 1.29 is 18.4 Å². The van der Waals surface area contributed by atoms with Crippen LogP contribution in [0.2, 0.25) is 0 Å². The summed E-state index contributed by atoms with van der Waals surface area (Å²) in [6.07, 6.45) is 3.08. The molecule has 0 saturated carbocycles. The number of amides is 2. The molecule has 0 aliphatic carbocycles. The molecule has 0 radical (unpaired) electrons. The molecule has 1 heterocycles. The second kappa shape index (κ2) is 10.2. The van der Waals surface area contributed by atoms with Gasteiger partial charge in [0.2, 0.25) is 11.8 Å². The largest absolute Gasteiger partial charge is 0.345 e. The van der Waals surface area contributed by atoms with E-state index in [0.717, 1.165) is 17.9 Å². The maximum atomic E-state index is 14.0. The van der Waals surface area contributed by atoms with Crippen molar-refractivity contribution in [2.75, 3.05) is 30.9 Å². The van der Waals surface area contributed by atoms with Crippen molar-refractivity contribution >= 4 is 35.3 Å². The monoisotopic (exact) mass is 402 g/mol. The predicted octanol–water partition coefficient (Wildman–Crippen LogP) is 3.23. The molecule has 2 atom stereocenters. The molecule has 0 bridgehead atoms. The smallest absolute Gasteiger partial charge is 0.245 e. The first-order valence-electron chi connectivity index (χ1n) is 8.53. The number of nitrogens with zero attached hydrogens (tertiary/aromatic N) is 1. The van der Waals surface area contributed by atoms with Crippen molar-refractivity contribution in [3.8, 4) is 0 Å². The number of benzene rings is 1. The number of nitrogens with one attached hydrogen (secondary N) is 1. The lowest BCUT2D eigenvalue weighted by atomic mass is 10.1. The highest BCUT2D eigenvalue weighted by molar-refractivity contribution is 7.99. The molecule has 4 nitrogen and oxygen atoms in total. The molecule has 1 aromatic rings. The van der Waals surface area contributed by atoms with E-state index in [4.69, 9.17) is 0 Å². The van der Waals surface area contributed by atoms with Crippen molar-refractivity contribution in [2.24, 2.45) is 0 Å². The van der Waals surface area contributed by atoms with Gasteiger partial charge in [-0.25, -0.2) is 8.78 Å². The first kappa shape index (κ1) is 21.0. The molecule has 1 aliphatic heterocycles. The number of hydrogen-bond donors (Lipinski definition) is 1. The SMILES string of the molecule is CSCCC(NC(C)=O)C(=O)N1CCSC(c2cc(F)ccc2F)CC1. The minimum Gasteiger partial charge on any atom is -0.345 e. The number of hydrogen-bond acceptors (Lipinski definition) is 4. The van der Waals surface area contributed by atoms with Crippen LogP contribution in [-0.2, 0) is 9.59 Å². The second-order valence-corrected chi connectivity index (χ2v) is 8.47. The van der Waals surface area contributed by atoms with Crippen LogP contribution in [0.1, 0.15) is 30.6 Å². The Balaban J connectivity index is 2.05. The zero-order valence-electron chi connectivity index (χ0n) is 15.0. The number of carbonyl (C=O) groups excluding carboxylic acids is 2. The van der Waals surface area contributed by atoms with Gasteiger partial charge in [0.1, 0.15) is 17.7 Å². The Hall–Kier alpha value is -1.28. The lowest BCUT2D eigenvalue weighted by molar-refractivity contribution is -0.135. The van der Waals surface area contributed by atoms with Crippen LogP contribution in [0.15, 0.2) is 18.2 Å². The van der Waals surface area contributed by atoms with E-state index in [-0.39, 0.29) is 17.1 Å². The van der Waals surface area contributed by atoms with Crippen LogP contribution in [0.5, 0.6) is 0 Å². The highest BCUT2D eigenvalue weighted by Crippen LogP contribution is 2.36. The molecule has 0 aromatic heterocycles. The van der Waals surface area contributed by atoms with Gasteiger partial charge in [-0.2, -0.15) is 23.5 Å². The highest BCUT2D eigenvalue weighted by atomic mass is 32.2. The van der Waals surface area contributed by atoms with Crippen molar-refractivity contribution in [2.45, 2.75) is 31.1 Å². The van der Waals surface area contributed by atoms with Gasteiger partial charge in [0.15, 0.2) is 0 Å². The van der Waals surface area contributed by atoms with Crippen LogP contribution in [0.3, 0.4) is 0 Å². The molecule has 0 spiro atoms. The molecule has 2 amide bonds. The summed E-state index contributed by atoms with van der Waals surface area (Å²) in [5, 5.41) is 2.55. The van der Waals surface area contributed by atoms with E-state index in [1.807, 2.05) is 6.26 Å². The molecule has 144 valence electrons. The normalized spacial score (nSPS) is 18.9. The van der Waals surface area contributed by atoms with Crippen molar-refractivity contribution in [3.63, 3.8) is 0 Å². The second-order valence-electron chi connectivity index (χ2n) is 6.17. The molecular formula is C18H24F2N2O2S2. The number of halogens is 2. The van der Waals surface area contributed by atoms with E-state index in [9.17, 15) is 18.4 Å². The van der Waals surface area contributed by atoms with E-state index in [2.05, 4.69) is 5.32 Å². The summed E-state index contributed by atoms with van der Waals surface area (Å²) >= 11 is 3.16. The number of thioether (sulfide) groups is 2. The predicted molar refractivity (Wildman–Crippen MR) is 103 cm³/mol. The fourth-order valence-electron chi connectivity index (χ4n) is 2.96. The summed E-state index contributed by atoms with van der Waals surface area (Å²) in [7, 11) is 0. The number of carbonyl (C=O) groups is 2. The minimum absolute atomic E-state index is 0.102. The lowest BCUT2D eigenvalue weighted by Gasteiger charge is -2.26. The van der Waals surface area contributed by atoms with Crippen molar-refractivity contribution in [3.05, 3.63) is 35.4 Å². The molecule has 8 heteroatoms. The Kier molecular flexibility index (Phi) is 8.21. The van der Waals surface area contributed by atoms with Crippen molar-refractivity contribution in [1.29, 1.82) is 0 Å². The molecule has 1 aromatic carbocycles. The van der Waals surface area contributed by atoms with Crippen LogP contribution in [0.4, 0.5) is 8.78 Å². The lowest BCUT2D eigenvalue weighted by Crippen LogP contribution is -2.49. The first-order chi connectivity index (χ1) is 12.4. The molecule has 1 saturated heterocycles. The minimum atomic E-state index is -0.535. The molecule has 2 rings (SSSR count). The van der Waals surface area contributed by atoms with Crippen LogP contribution in [0.25, 0.3) is 0 Å². The van der Waals surface area contributed by atoms with Gasteiger partial charge in [0.05, 0.1) is 0 Å². The van der Waals surface area contributed by atoms with Crippen LogP contribution in [-0.4, -0.2) is 53.6 Å². The third-order valence-electron chi connectivity index (χ3n) is 4.24. The average molecular weight is 403 g/mol. The van der Waals surface area contributed by atoms with E-state index >= 15 is 0 Å². The first-order valence-corrected chi connectivity index (χ1v) is 11.0. The summed E-state index contributed by atoms with van der Waals surface area (Å²) in [5.41, 5.74) is 0.352. The van der Waals surface area contributed by atoms with Gasteiger partial charge in [0, 0.05) is 36.6 Å². The Morgan fingerprint density at radius 2 is 2.15 bits per heavy atom. The molecular weight excluding hydrogens is 378 g/mol. The van der Waals surface area contributed by atoms with Gasteiger partial charge in [-0.3, -0.25) is 9.59 Å². The molecule has 1 aliphatic rings. The summed E-state index contributed by atoms with van der Waals surface area (Å²) in [6, 6.07) is 2.96. The topological polar surface area (TPSA) is 49.4 Å². The zero-order valence-corrected chi connectivity index (χ0v) is 16.6. The van der Waals surface area contributed by atoms with E-state index < -0.39 is 17.7 Å². The third kappa shape index (κ3) is 5.87. The fourth-order valence-corrected chi connectivity index (χ4v) is 4.67. The van der Waals surface area contributed by atoms with E-state index in [1.54, 1.807) is 16.7 Å². The van der Waals surface area contributed by atoms with Gasteiger partial charge in [0.25, 0.3) is 0 Å². The fraction of sp³-hybridized carbons (Fsp3) is 0.556. The summed E-state index contributed by atoms with van der Waals surface area (Å²) in [5.74, 6) is 0.211. The van der Waals surface area contributed by atoms with Crippen molar-refractivity contribution in [1.82, 2.24) is 10.2 Å². The number of rotatable bonds is 6. The molecule has 26 heavy (non-hydrogen) atoms. The molecule has 1 fully saturated rings. The van der Waals surface area contributed by atoms with E-state index in [0.29, 0.717) is 37.2 Å². The van der Waals surface area contributed by atoms with Gasteiger partial charge in [-0.05, 0) is 43.0 Å². The van der Waals surface area contributed by atoms with E-state index in [1.165, 1.54) is 24.8 Å². The van der Waals surface area contributed by atoms with Crippen LogP contribution in [0, 0.1) is 11.6 Å². The summed E-state index contributed by atoms with van der Waals surface area (Å²) in [4.78, 5) is 26.0. The standard InChI is InChI=1S/C18H24F2N2O2S2/c1-12(23)21-16(6-9-25-2)18(24)22-7-5-17(26-10-8-22)14-11-13(19)3-4-15(14)20/h3-4,11,16-17H,5-10H2,1-2H3,(H,21,23). The van der Waals surface area contributed by atoms with Gasteiger partial charge in [-0.15, -0.1) is 0 Å². The van der Waals surface area contributed by atoms with Gasteiger partial charge in [-0.1, -0.05) is 0 Å². The zero-order chi connectivity index (χ0) is 19.1. The van der Waals surface area contributed by atoms with Crippen LogP contribution < -0.4 is 5.32 Å². The quantitative estimate of drug-likeness (QED) is 0.794. The highest BCUT2D eigenvalue weighted by Gasteiger charge is 2.28. The maximum absolute atomic E-state index is 14.0.